The van der Waals surface area contributed by atoms with Crippen LogP contribution in [0, 0.1) is 0 Å². The van der Waals surface area contributed by atoms with Crippen LogP contribution in [-0.2, 0) is 0 Å². The van der Waals surface area contributed by atoms with Gasteiger partial charge in [0.05, 0.1) is 11.2 Å². The van der Waals surface area contributed by atoms with E-state index in [-0.39, 0.29) is 10.2 Å². The molecule has 1 aromatic heterocycles. The molecule has 1 heterocycles. The molecule has 0 amide bonds. The number of benzene rings is 2. The summed E-state index contributed by atoms with van der Waals surface area (Å²) in [4.78, 5) is 4.16. The summed E-state index contributed by atoms with van der Waals surface area (Å²) in [5, 5.41) is 2.94. The third kappa shape index (κ3) is 3.52. The van der Waals surface area contributed by atoms with Gasteiger partial charge in [0.25, 0.3) is 0 Å². The first kappa shape index (κ1) is 19.0. The minimum Gasteiger partial charge on any atom is -0.533 e. The van der Waals surface area contributed by atoms with Gasteiger partial charge in [0.1, 0.15) is 10.9 Å². The molecule has 0 aliphatic heterocycles. The zero-order valence-corrected chi connectivity index (χ0v) is 17.6. The van der Waals surface area contributed by atoms with Crippen molar-refractivity contribution in [3.05, 3.63) is 83.1 Å². The van der Waals surface area contributed by atoms with Crippen molar-refractivity contribution >= 4 is 41.9 Å². The van der Waals surface area contributed by atoms with Crippen molar-refractivity contribution in [2.45, 2.75) is 25.8 Å². The number of rotatable bonds is 4. The molecule has 3 rings (SSSR count). The number of nitrogens with zero attached hydrogens (tertiary/aromatic N) is 1. The maximum Gasteiger partial charge on any atom is 0.320 e. The first-order valence-corrected chi connectivity index (χ1v) is 11.1. The lowest BCUT2D eigenvalue weighted by atomic mass is 10.2. The van der Waals surface area contributed by atoms with Crippen LogP contribution in [0.25, 0.3) is 0 Å². The van der Waals surface area contributed by atoms with Crippen molar-refractivity contribution in [1.82, 2.24) is 4.98 Å². The van der Waals surface area contributed by atoms with Crippen molar-refractivity contribution in [3.63, 3.8) is 0 Å². The predicted octanol–water partition coefficient (Wildman–Crippen LogP) is 5.33. The number of hydrogen-bond donors (Lipinski definition) is 0. The summed E-state index contributed by atoms with van der Waals surface area (Å²) in [5.41, 5.74) is 0. The van der Waals surface area contributed by atoms with E-state index < -0.39 is 8.32 Å². The smallest absolute Gasteiger partial charge is 0.320 e. The van der Waals surface area contributed by atoms with Crippen LogP contribution in [0.4, 0.5) is 0 Å². The van der Waals surface area contributed by atoms with Crippen molar-refractivity contribution in [2.24, 2.45) is 0 Å². The van der Waals surface area contributed by atoms with Crippen LogP contribution in [0.2, 0.25) is 15.2 Å². The van der Waals surface area contributed by atoms with E-state index in [0.29, 0.717) is 10.8 Å². The maximum absolute atomic E-state index is 6.81. The second kappa shape index (κ2) is 7.43. The molecule has 134 valence electrons. The van der Waals surface area contributed by atoms with E-state index in [4.69, 9.17) is 27.6 Å². The summed E-state index contributed by atoms with van der Waals surface area (Å²) in [6.07, 6.45) is 1.65. The molecule has 0 bridgehead atoms. The van der Waals surface area contributed by atoms with E-state index in [1.165, 1.54) is 10.4 Å². The van der Waals surface area contributed by atoms with Gasteiger partial charge in [-0.3, -0.25) is 0 Å². The van der Waals surface area contributed by atoms with E-state index in [9.17, 15) is 0 Å². The number of hydrogen-bond acceptors (Lipinski definition) is 2. The van der Waals surface area contributed by atoms with Gasteiger partial charge >= 0.3 is 8.32 Å². The van der Waals surface area contributed by atoms with Crippen LogP contribution in [0.1, 0.15) is 20.8 Å². The van der Waals surface area contributed by atoms with Gasteiger partial charge in [0.2, 0.25) is 0 Å². The fourth-order valence-corrected chi connectivity index (χ4v) is 7.94. The average Bonchev–Trinajstić information content (AvgIpc) is 2.63. The lowest BCUT2D eigenvalue weighted by molar-refractivity contribution is 0.506. The lowest BCUT2D eigenvalue weighted by Gasteiger charge is -2.42. The molecule has 0 aliphatic rings. The predicted molar refractivity (Wildman–Crippen MR) is 113 cm³/mol. The van der Waals surface area contributed by atoms with Crippen LogP contribution in [0.3, 0.4) is 0 Å². The van der Waals surface area contributed by atoms with Gasteiger partial charge in [0, 0.05) is 6.07 Å². The maximum atomic E-state index is 6.81. The third-order valence-electron chi connectivity index (χ3n) is 4.46. The Labute approximate surface area is 165 Å². The highest BCUT2D eigenvalue weighted by Gasteiger charge is 2.52. The highest BCUT2D eigenvalue weighted by molar-refractivity contribution is 7.00. The van der Waals surface area contributed by atoms with Gasteiger partial charge < -0.3 is 4.43 Å². The number of halogens is 2. The Morgan fingerprint density at radius 3 is 1.77 bits per heavy atom. The largest absolute Gasteiger partial charge is 0.533 e. The van der Waals surface area contributed by atoms with E-state index in [2.05, 4.69) is 74.3 Å². The Bertz CT molecular complexity index is 840. The summed E-state index contributed by atoms with van der Waals surface area (Å²) < 4.78 is 6.81. The van der Waals surface area contributed by atoms with Crippen LogP contribution in [0.5, 0.6) is 5.75 Å². The number of aromatic nitrogens is 1. The third-order valence-corrected chi connectivity index (χ3v) is 10.1. The molecule has 26 heavy (non-hydrogen) atoms. The summed E-state index contributed by atoms with van der Waals surface area (Å²) in [6, 6.07) is 22.6. The molecule has 0 radical (unpaired) electrons. The van der Waals surface area contributed by atoms with Gasteiger partial charge in [-0.1, -0.05) is 105 Å². The SMILES string of the molecule is CC(C)(C)[Si](Oc1cnc(Cl)c(Cl)c1)(c1ccccc1)c1ccccc1. The minimum absolute atomic E-state index is 0.123. The van der Waals surface area contributed by atoms with Crippen molar-refractivity contribution in [3.8, 4) is 5.75 Å². The fourth-order valence-electron chi connectivity index (χ4n) is 3.29. The monoisotopic (exact) mass is 401 g/mol. The summed E-state index contributed by atoms with van der Waals surface area (Å²) in [6.45, 7) is 6.68. The Morgan fingerprint density at radius 1 is 0.846 bits per heavy atom. The normalized spacial score (nSPS) is 12.0. The molecule has 0 atom stereocenters. The molecule has 0 fully saturated rings. The molecule has 0 unspecified atom stereocenters. The van der Waals surface area contributed by atoms with Crippen LogP contribution >= 0.6 is 23.2 Å². The van der Waals surface area contributed by atoms with Crippen molar-refractivity contribution in [2.75, 3.05) is 0 Å². The Hall–Kier alpha value is -1.81. The van der Waals surface area contributed by atoms with Gasteiger partial charge in [-0.15, -0.1) is 0 Å². The van der Waals surface area contributed by atoms with Crippen LogP contribution in [-0.4, -0.2) is 13.3 Å². The van der Waals surface area contributed by atoms with Crippen molar-refractivity contribution in [1.29, 1.82) is 0 Å². The fraction of sp³-hybridized carbons (Fsp3) is 0.190. The Morgan fingerprint density at radius 2 is 1.35 bits per heavy atom. The lowest BCUT2D eigenvalue weighted by Crippen LogP contribution is -2.68. The quantitative estimate of drug-likeness (QED) is 0.435. The molecule has 0 aliphatic carbocycles. The standard InChI is InChI=1S/C21H21Cl2NOSi/c1-21(2,3)26(17-10-6-4-7-11-17,18-12-8-5-9-13-18)25-16-14-19(22)20(23)24-15-16/h4-15H,1-3H3. The average molecular weight is 402 g/mol. The minimum atomic E-state index is -2.67. The molecule has 0 spiro atoms. The molecule has 5 heteroatoms. The van der Waals surface area contributed by atoms with Gasteiger partial charge in [-0.2, -0.15) is 0 Å². The molecule has 2 nitrogen and oxygen atoms in total. The topological polar surface area (TPSA) is 22.1 Å². The van der Waals surface area contributed by atoms with Gasteiger partial charge in [0.15, 0.2) is 0 Å². The summed E-state index contributed by atoms with van der Waals surface area (Å²) >= 11 is 12.2. The van der Waals surface area contributed by atoms with E-state index >= 15 is 0 Å². The van der Waals surface area contributed by atoms with E-state index in [1.54, 1.807) is 12.3 Å². The van der Waals surface area contributed by atoms with Gasteiger partial charge in [-0.25, -0.2) is 4.98 Å². The molecule has 0 saturated carbocycles. The Kier molecular flexibility index (Phi) is 5.42. The summed E-state index contributed by atoms with van der Waals surface area (Å²) in [7, 11) is -2.67. The van der Waals surface area contributed by atoms with E-state index in [1.807, 2.05) is 12.1 Å². The molecular formula is C21H21Cl2NOSi. The first-order valence-electron chi connectivity index (χ1n) is 8.46. The molecule has 2 aromatic carbocycles. The zero-order chi connectivity index (χ0) is 18.8. The van der Waals surface area contributed by atoms with Crippen LogP contribution in [0.15, 0.2) is 72.9 Å². The zero-order valence-electron chi connectivity index (χ0n) is 15.0. The second-order valence-electron chi connectivity index (χ2n) is 7.21. The molecule has 3 aromatic rings. The van der Waals surface area contributed by atoms with E-state index in [0.717, 1.165) is 0 Å². The van der Waals surface area contributed by atoms with Gasteiger partial charge in [-0.05, 0) is 15.4 Å². The molecule has 0 N–H and O–H groups in total. The highest BCUT2D eigenvalue weighted by Crippen LogP contribution is 2.38. The second-order valence-corrected chi connectivity index (χ2v) is 12.2. The first-order chi connectivity index (χ1) is 12.3. The van der Waals surface area contributed by atoms with Crippen LogP contribution < -0.4 is 14.8 Å². The molecular weight excluding hydrogens is 381 g/mol. The highest BCUT2D eigenvalue weighted by atomic mass is 35.5. The summed E-state index contributed by atoms with van der Waals surface area (Å²) in [5.74, 6) is 0.633. The number of pyridine rings is 1. The Balaban J connectivity index is 2.25. The van der Waals surface area contributed by atoms with Crippen molar-refractivity contribution < 1.29 is 4.43 Å². The molecule has 0 saturated heterocycles.